The molecule has 1 aliphatic heterocycles. The molecule has 3 N–H and O–H groups in total. The third-order valence-corrected chi connectivity index (χ3v) is 5.63. The van der Waals surface area contributed by atoms with Gasteiger partial charge in [-0.15, -0.1) is 0 Å². The maximum absolute atomic E-state index is 12.6. The largest absolute Gasteiger partial charge is 0.481 e. The minimum absolute atomic E-state index is 0.0455. The van der Waals surface area contributed by atoms with E-state index in [2.05, 4.69) is 10.6 Å². The number of rotatable bonds is 4. The molecule has 7 heteroatoms. The minimum Gasteiger partial charge on any atom is -0.481 e. The number of carbonyl (C=O) groups is 3. The summed E-state index contributed by atoms with van der Waals surface area (Å²) in [6.07, 6.45) is 2.42. The average molecular weight is 359 g/mol. The van der Waals surface area contributed by atoms with Crippen LogP contribution < -0.4 is 10.6 Å². The van der Waals surface area contributed by atoms with Crippen molar-refractivity contribution in [1.29, 1.82) is 0 Å². The topological polar surface area (TPSA) is 98.7 Å². The molecule has 0 bridgehead atoms. The molecule has 1 unspecified atom stereocenters. The second kappa shape index (κ2) is 6.97. The molecule has 2 fully saturated rings. The van der Waals surface area contributed by atoms with Crippen LogP contribution in [0.2, 0.25) is 0 Å². The predicted molar refractivity (Wildman–Crippen MR) is 96.7 cm³/mol. The van der Waals surface area contributed by atoms with E-state index in [1.807, 2.05) is 25.1 Å². The maximum atomic E-state index is 12.6. The summed E-state index contributed by atoms with van der Waals surface area (Å²) in [5.41, 5.74) is 0.778. The third kappa shape index (κ3) is 3.38. The van der Waals surface area contributed by atoms with E-state index >= 15 is 0 Å². The summed E-state index contributed by atoms with van der Waals surface area (Å²) in [6, 6.07) is 6.83. The van der Waals surface area contributed by atoms with E-state index in [1.54, 1.807) is 11.0 Å². The Morgan fingerprint density at radius 3 is 2.77 bits per heavy atom. The van der Waals surface area contributed by atoms with E-state index in [0.717, 1.165) is 18.4 Å². The molecule has 0 aromatic heterocycles. The first-order valence-corrected chi connectivity index (χ1v) is 8.98. The van der Waals surface area contributed by atoms with Gasteiger partial charge in [0, 0.05) is 25.7 Å². The van der Waals surface area contributed by atoms with E-state index in [9.17, 15) is 19.5 Å². The van der Waals surface area contributed by atoms with Crippen LogP contribution in [0.4, 0.5) is 10.5 Å². The Labute approximate surface area is 152 Å². The SMILES string of the molecule is CC(=O)Nc1cccc(C(C)NC(=O)N2C[C@@H]3CCC[C@@]3(C(=O)O)C2)c1. The van der Waals surface area contributed by atoms with Crippen LogP contribution in [0, 0.1) is 11.3 Å². The molecule has 1 heterocycles. The number of amides is 3. The van der Waals surface area contributed by atoms with E-state index in [4.69, 9.17) is 0 Å². The number of carbonyl (C=O) groups excluding carboxylic acids is 2. The Morgan fingerprint density at radius 2 is 2.12 bits per heavy atom. The second-order valence-electron chi connectivity index (χ2n) is 7.41. The Kier molecular flexibility index (Phi) is 4.89. The van der Waals surface area contributed by atoms with E-state index in [0.29, 0.717) is 18.7 Å². The van der Waals surface area contributed by atoms with Gasteiger partial charge in [0.25, 0.3) is 0 Å². The van der Waals surface area contributed by atoms with Crippen molar-refractivity contribution < 1.29 is 19.5 Å². The summed E-state index contributed by atoms with van der Waals surface area (Å²) in [5.74, 6) is -0.892. The van der Waals surface area contributed by atoms with Gasteiger partial charge in [-0.05, 0) is 43.4 Å². The molecule has 3 atom stereocenters. The molecule has 3 amide bonds. The summed E-state index contributed by atoms with van der Waals surface area (Å²) < 4.78 is 0. The quantitative estimate of drug-likeness (QED) is 0.769. The van der Waals surface area contributed by atoms with Gasteiger partial charge in [-0.2, -0.15) is 0 Å². The number of likely N-dealkylation sites (tertiary alicyclic amines) is 1. The lowest BCUT2D eigenvalue weighted by Gasteiger charge is -2.24. The molecule has 2 aliphatic rings. The van der Waals surface area contributed by atoms with Gasteiger partial charge in [-0.1, -0.05) is 18.6 Å². The number of hydrogen-bond acceptors (Lipinski definition) is 3. The summed E-state index contributed by atoms with van der Waals surface area (Å²) in [4.78, 5) is 37.2. The Hall–Kier alpha value is -2.57. The van der Waals surface area contributed by atoms with Gasteiger partial charge in [0.1, 0.15) is 0 Å². The normalized spacial score (nSPS) is 25.5. The number of aliphatic carboxylic acids is 1. The zero-order valence-electron chi connectivity index (χ0n) is 15.1. The summed E-state index contributed by atoms with van der Waals surface area (Å²) in [6.45, 7) is 4.09. The lowest BCUT2D eigenvalue weighted by atomic mass is 9.81. The molecule has 1 saturated heterocycles. The van der Waals surface area contributed by atoms with Crippen LogP contribution in [0.3, 0.4) is 0 Å². The minimum atomic E-state index is -0.786. The number of carboxylic acids is 1. The lowest BCUT2D eigenvalue weighted by molar-refractivity contribution is -0.149. The second-order valence-corrected chi connectivity index (χ2v) is 7.41. The van der Waals surface area contributed by atoms with Crippen LogP contribution in [-0.4, -0.2) is 41.0 Å². The fraction of sp³-hybridized carbons (Fsp3) is 0.526. The molecule has 3 rings (SSSR count). The number of benzene rings is 1. The number of nitrogens with zero attached hydrogens (tertiary/aromatic N) is 1. The van der Waals surface area contributed by atoms with Gasteiger partial charge in [0.05, 0.1) is 11.5 Å². The molecule has 1 aromatic carbocycles. The summed E-state index contributed by atoms with van der Waals surface area (Å²) >= 11 is 0. The fourth-order valence-electron chi connectivity index (χ4n) is 4.24. The fourth-order valence-corrected chi connectivity index (χ4v) is 4.24. The van der Waals surface area contributed by atoms with Gasteiger partial charge < -0.3 is 20.6 Å². The molecule has 1 aliphatic carbocycles. The number of fused-ring (bicyclic) bond motifs is 1. The summed E-state index contributed by atoms with van der Waals surface area (Å²) in [7, 11) is 0. The van der Waals surface area contributed by atoms with Crippen molar-refractivity contribution >= 4 is 23.6 Å². The Balaban J connectivity index is 1.65. The smallest absolute Gasteiger partial charge is 0.317 e. The molecular weight excluding hydrogens is 334 g/mol. The first-order chi connectivity index (χ1) is 12.3. The van der Waals surface area contributed by atoms with Crippen LogP contribution in [0.1, 0.15) is 44.7 Å². The van der Waals surface area contributed by atoms with Gasteiger partial charge >= 0.3 is 12.0 Å². The van der Waals surface area contributed by atoms with Crippen LogP contribution >= 0.6 is 0 Å². The average Bonchev–Trinajstić information content (AvgIpc) is 3.12. The van der Waals surface area contributed by atoms with E-state index in [1.165, 1.54) is 6.92 Å². The Bertz CT molecular complexity index is 735. The van der Waals surface area contributed by atoms with Crippen molar-refractivity contribution in [2.45, 2.75) is 39.2 Å². The van der Waals surface area contributed by atoms with Gasteiger partial charge in [0.15, 0.2) is 0 Å². The first-order valence-electron chi connectivity index (χ1n) is 8.98. The van der Waals surface area contributed by atoms with Crippen molar-refractivity contribution in [2.24, 2.45) is 11.3 Å². The highest BCUT2D eigenvalue weighted by molar-refractivity contribution is 5.88. The first kappa shape index (κ1) is 18.2. The van der Waals surface area contributed by atoms with Crippen molar-refractivity contribution in [1.82, 2.24) is 10.2 Å². The standard InChI is InChI=1S/C19H25N3O4/c1-12(14-5-3-7-16(9-14)21-13(2)23)20-18(26)22-10-15-6-4-8-19(15,11-22)17(24)25/h3,5,7,9,12,15H,4,6,8,10-11H2,1-2H3,(H,20,26)(H,21,23)(H,24,25)/t12?,15-,19+/m0/s1. The number of anilines is 1. The number of hydrogen-bond donors (Lipinski definition) is 3. The molecule has 1 saturated carbocycles. The zero-order valence-corrected chi connectivity index (χ0v) is 15.1. The van der Waals surface area contributed by atoms with Crippen molar-refractivity contribution in [3.05, 3.63) is 29.8 Å². The highest BCUT2D eigenvalue weighted by Crippen LogP contribution is 2.48. The molecule has 140 valence electrons. The maximum Gasteiger partial charge on any atom is 0.317 e. The van der Waals surface area contributed by atoms with Crippen molar-refractivity contribution in [3.63, 3.8) is 0 Å². The van der Waals surface area contributed by atoms with Crippen molar-refractivity contribution in [2.75, 3.05) is 18.4 Å². The molecule has 1 aromatic rings. The predicted octanol–water partition coefficient (Wildman–Crippen LogP) is 2.60. The molecular formula is C19H25N3O4. The zero-order chi connectivity index (χ0) is 18.9. The molecule has 0 spiro atoms. The molecule has 7 nitrogen and oxygen atoms in total. The van der Waals surface area contributed by atoms with E-state index < -0.39 is 11.4 Å². The van der Waals surface area contributed by atoms with Crippen LogP contribution in [0.15, 0.2) is 24.3 Å². The molecule has 26 heavy (non-hydrogen) atoms. The highest BCUT2D eigenvalue weighted by Gasteiger charge is 2.55. The molecule has 0 radical (unpaired) electrons. The monoisotopic (exact) mass is 359 g/mol. The van der Waals surface area contributed by atoms with Gasteiger partial charge in [0.2, 0.25) is 5.91 Å². The Morgan fingerprint density at radius 1 is 1.35 bits per heavy atom. The van der Waals surface area contributed by atoms with Crippen LogP contribution in [0.5, 0.6) is 0 Å². The summed E-state index contributed by atoms with van der Waals surface area (Å²) in [5, 5.41) is 15.3. The number of nitrogens with one attached hydrogen (secondary N) is 2. The number of carboxylic acid groups (broad SMARTS) is 1. The van der Waals surface area contributed by atoms with Crippen LogP contribution in [0.25, 0.3) is 0 Å². The highest BCUT2D eigenvalue weighted by atomic mass is 16.4. The van der Waals surface area contributed by atoms with Gasteiger partial charge in [-0.25, -0.2) is 4.79 Å². The van der Waals surface area contributed by atoms with E-state index in [-0.39, 0.29) is 30.4 Å². The van der Waals surface area contributed by atoms with Crippen LogP contribution in [-0.2, 0) is 9.59 Å². The lowest BCUT2D eigenvalue weighted by Crippen LogP contribution is -2.42. The van der Waals surface area contributed by atoms with Gasteiger partial charge in [-0.3, -0.25) is 9.59 Å². The number of urea groups is 1. The third-order valence-electron chi connectivity index (χ3n) is 5.63. The van der Waals surface area contributed by atoms with Crippen molar-refractivity contribution in [3.8, 4) is 0 Å².